The highest BCUT2D eigenvalue weighted by atomic mass is 16.5. The Hall–Kier alpha value is -1.40. The van der Waals surface area contributed by atoms with E-state index in [1.165, 1.54) is 0 Å². The van der Waals surface area contributed by atoms with E-state index in [9.17, 15) is 9.59 Å². The average molecular weight is 260 g/mol. The second-order valence-electron chi connectivity index (χ2n) is 4.03. The summed E-state index contributed by atoms with van der Waals surface area (Å²) in [5.74, 6) is -0.507. The van der Waals surface area contributed by atoms with Crippen LogP contribution in [-0.4, -0.2) is 41.8 Å². The number of carbonyl (C=O) groups is 2. The third kappa shape index (κ3) is 7.81. The maximum atomic E-state index is 10.7. The first-order chi connectivity index (χ1) is 8.49. The first-order valence-electron chi connectivity index (χ1n) is 6.01. The molecule has 3 N–H and O–H groups in total. The van der Waals surface area contributed by atoms with Crippen LogP contribution in [0.25, 0.3) is 0 Å². The number of nitrogens with zero attached hydrogens (tertiary/aromatic N) is 1. The Morgan fingerprint density at radius 2 is 2.22 bits per heavy atom. The minimum Gasteiger partial charge on any atom is -0.461 e. The molecule has 6 heteroatoms. The molecule has 1 saturated heterocycles. The van der Waals surface area contributed by atoms with Gasteiger partial charge in [0.2, 0.25) is 5.91 Å². The van der Waals surface area contributed by atoms with Crippen molar-refractivity contribution in [2.24, 2.45) is 5.73 Å². The van der Waals surface area contributed by atoms with Gasteiger partial charge in [-0.15, -0.1) is 0 Å². The van der Waals surface area contributed by atoms with Crippen molar-refractivity contribution in [2.75, 3.05) is 19.7 Å². The molecule has 1 rings (SSSR count). The lowest BCUT2D eigenvalue weighted by atomic mass is 10.2. The molecule has 0 aromatic carbocycles. The standard InChI is InChI=1S/2C6H11NO2.H2/c8-6-4-2-1-3-5-7(6)9;1-5(2)6(8)9-4-3-7;/h9H,1-5H2;1,3-4,7H2,2H3;1H. The van der Waals surface area contributed by atoms with Gasteiger partial charge in [-0.3, -0.25) is 10.0 Å². The summed E-state index contributed by atoms with van der Waals surface area (Å²) in [5.41, 5.74) is 5.48. The summed E-state index contributed by atoms with van der Waals surface area (Å²) < 4.78 is 4.59. The summed E-state index contributed by atoms with van der Waals surface area (Å²) in [7, 11) is 0. The van der Waals surface area contributed by atoms with Gasteiger partial charge < -0.3 is 10.5 Å². The highest BCUT2D eigenvalue weighted by Crippen LogP contribution is 2.08. The van der Waals surface area contributed by atoms with Crippen LogP contribution in [0.3, 0.4) is 0 Å². The van der Waals surface area contributed by atoms with E-state index in [1.807, 2.05) is 0 Å². The number of nitrogens with two attached hydrogens (primary N) is 1. The monoisotopic (exact) mass is 260 g/mol. The Bertz CT molecular complexity index is 297. The largest absolute Gasteiger partial charge is 0.461 e. The number of hydroxylamine groups is 2. The summed E-state index contributed by atoms with van der Waals surface area (Å²) in [4.78, 5) is 21.2. The van der Waals surface area contributed by atoms with Crippen LogP contribution in [-0.2, 0) is 14.3 Å². The number of amides is 1. The second-order valence-corrected chi connectivity index (χ2v) is 4.03. The van der Waals surface area contributed by atoms with Gasteiger partial charge in [0.15, 0.2) is 0 Å². The van der Waals surface area contributed by atoms with Gasteiger partial charge in [-0.1, -0.05) is 13.0 Å². The van der Waals surface area contributed by atoms with Crippen LogP contribution in [0, 0.1) is 0 Å². The molecule has 0 unspecified atom stereocenters. The smallest absolute Gasteiger partial charge is 0.333 e. The lowest BCUT2D eigenvalue weighted by molar-refractivity contribution is -0.164. The van der Waals surface area contributed by atoms with E-state index < -0.39 is 0 Å². The lowest BCUT2D eigenvalue weighted by Gasteiger charge is -2.09. The molecule has 0 saturated carbocycles. The Labute approximate surface area is 109 Å². The van der Waals surface area contributed by atoms with Crippen molar-refractivity contribution in [2.45, 2.75) is 32.6 Å². The number of carbonyl (C=O) groups excluding carboxylic acids is 2. The fourth-order valence-corrected chi connectivity index (χ4v) is 1.24. The van der Waals surface area contributed by atoms with Gasteiger partial charge in [0.25, 0.3) is 0 Å². The Morgan fingerprint density at radius 3 is 2.78 bits per heavy atom. The van der Waals surface area contributed by atoms with Crippen LogP contribution in [0.2, 0.25) is 0 Å². The second kappa shape index (κ2) is 9.61. The summed E-state index contributed by atoms with van der Waals surface area (Å²) in [6, 6.07) is 0. The number of rotatable bonds is 3. The Morgan fingerprint density at radius 1 is 1.56 bits per heavy atom. The summed E-state index contributed by atoms with van der Waals surface area (Å²) in [6.07, 6.45) is 3.43. The zero-order chi connectivity index (χ0) is 14.0. The number of hydrogen-bond donors (Lipinski definition) is 2. The Balaban J connectivity index is 0. The molecule has 0 atom stereocenters. The molecule has 106 valence electrons. The van der Waals surface area contributed by atoms with E-state index >= 15 is 0 Å². The van der Waals surface area contributed by atoms with Crippen molar-refractivity contribution in [3.8, 4) is 0 Å². The first-order valence-corrected chi connectivity index (χ1v) is 6.01. The van der Waals surface area contributed by atoms with Crippen LogP contribution in [0.5, 0.6) is 0 Å². The molecule has 0 aliphatic carbocycles. The molecule has 1 fully saturated rings. The molecule has 6 nitrogen and oxygen atoms in total. The molecule has 1 heterocycles. The van der Waals surface area contributed by atoms with E-state index in [4.69, 9.17) is 10.9 Å². The van der Waals surface area contributed by atoms with Crippen LogP contribution in [0.1, 0.15) is 34.0 Å². The van der Waals surface area contributed by atoms with Crippen LogP contribution in [0.4, 0.5) is 0 Å². The zero-order valence-corrected chi connectivity index (χ0v) is 10.9. The molecule has 0 bridgehead atoms. The van der Waals surface area contributed by atoms with Gasteiger partial charge in [-0.05, 0) is 19.8 Å². The number of hydrogen-bond acceptors (Lipinski definition) is 5. The van der Waals surface area contributed by atoms with Crippen LogP contribution < -0.4 is 5.73 Å². The number of ether oxygens (including phenoxy) is 1. The van der Waals surface area contributed by atoms with E-state index in [2.05, 4.69) is 11.3 Å². The van der Waals surface area contributed by atoms with Crippen molar-refractivity contribution in [3.63, 3.8) is 0 Å². The van der Waals surface area contributed by atoms with Crippen LogP contribution >= 0.6 is 0 Å². The fourth-order valence-electron chi connectivity index (χ4n) is 1.24. The zero-order valence-electron chi connectivity index (χ0n) is 10.9. The molecule has 0 radical (unpaired) electrons. The van der Waals surface area contributed by atoms with Gasteiger partial charge in [-0.2, -0.15) is 0 Å². The quantitative estimate of drug-likeness (QED) is 0.450. The van der Waals surface area contributed by atoms with E-state index in [0.29, 0.717) is 25.1 Å². The van der Waals surface area contributed by atoms with Gasteiger partial charge in [0, 0.05) is 26.5 Å². The highest BCUT2D eigenvalue weighted by molar-refractivity contribution is 5.86. The molecule has 1 aliphatic rings. The van der Waals surface area contributed by atoms with Gasteiger partial charge in [-0.25, -0.2) is 9.86 Å². The maximum Gasteiger partial charge on any atom is 0.333 e. The summed E-state index contributed by atoms with van der Waals surface area (Å²) in [5, 5.41) is 9.67. The predicted molar refractivity (Wildman–Crippen MR) is 68.9 cm³/mol. The molecule has 0 aromatic rings. The van der Waals surface area contributed by atoms with Crippen molar-refractivity contribution in [1.29, 1.82) is 0 Å². The van der Waals surface area contributed by atoms with Crippen molar-refractivity contribution < 1.29 is 21.0 Å². The van der Waals surface area contributed by atoms with Gasteiger partial charge >= 0.3 is 5.97 Å². The lowest BCUT2D eigenvalue weighted by Crippen LogP contribution is -2.25. The normalized spacial score (nSPS) is 15.3. The van der Waals surface area contributed by atoms with E-state index in [1.54, 1.807) is 6.92 Å². The van der Waals surface area contributed by atoms with Gasteiger partial charge in [0.05, 0.1) is 0 Å². The van der Waals surface area contributed by atoms with Crippen molar-refractivity contribution >= 4 is 11.9 Å². The minimum atomic E-state index is -0.375. The van der Waals surface area contributed by atoms with Crippen molar-refractivity contribution in [3.05, 3.63) is 12.2 Å². The highest BCUT2D eigenvalue weighted by Gasteiger charge is 2.12. The third-order valence-corrected chi connectivity index (χ3v) is 2.25. The average Bonchev–Trinajstić information content (AvgIpc) is 2.52. The SMILES string of the molecule is C=C(C)C(=O)OCCN.O=C1CCCCCN1O.[HH]. The summed E-state index contributed by atoms with van der Waals surface area (Å²) in [6.45, 7) is 6.13. The molecule has 1 aliphatic heterocycles. The predicted octanol–water partition coefficient (Wildman–Crippen LogP) is 1.09. The number of esters is 1. The maximum absolute atomic E-state index is 10.7. The topological polar surface area (TPSA) is 92.9 Å². The van der Waals surface area contributed by atoms with E-state index in [-0.39, 0.29) is 19.9 Å². The summed E-state index contributed by atoms with van der Waals surface area (Å²) >= 11 is 0. The molecule has 18 heavy (non-hydrogen) atoms. The van der Waals surface area contributed by atoms with Gasteiger partial charge in [0.1, 0.15) is 6.61 Å². The molecular formula is C12H24N2O4. The molecule has 0 spiro atoms. The minimum absolute atomic E-state index is 0. The molecule has 1 amide bonds. The molecular weight excluding hydrogens is 236 g/mol. The fraction of sp³-hybridized carbons (Fsp3) is 0.667. The van der Waals surface area contributed by atoms with Crippen molar-refractivity contribution in [1.82, 2.24) is 5.06 Å². The third-order valence-electron chi connectivity index (χ3n) is 2.25. The first kappa shape index (κ1) is 16.6. The van der Waals surface area contributed by atoms with Crippen LogP contribution in [0.15, 0.2) is 12.2 Å². The Kier molecular flexibility index (Phi) is 8.86. The van der Waals surface area contributed by atoms with E-state index in [0.717, 1.165) is 24.3 Å². The molecule has 0 aromatic heterocycles.